The van der Waals surface area contributed by atoms with E-state index < -0.39 is 5.82 Å². The van der Waals surface area contributed by atoms with E-state index in [1.165, 1.54) is 43.9 Å². The Kier molecular flexibility index (Phi) is 4.37. The normalized spacial score (nSPS) is 17.6. The Morgan fingerprint density at radius 2 is 2.08 bits per heavy atom. The minimum Gasteiger partial charge on any atom is -0.331 e. The lowest BCUT2D eigenvalue weighted by molar-refractivity contribution is 0.196. The minimum atomic E-state index is -0.497. The lowest BCUT2D eigenvalue weighted by Crippen LogP contribution is -2.40. The number of hydrogen-bond donors (Lipinski definition) is 1. The highest BCUT2D eigenvalue weighted by molar-refractivity contribution is 6.31. The Hall–Kier alpha value is -2.08. The molecule has 0 bridgehead atoms. The van der Waals surface area contributed by atoms with Crippen LogP contribution in [0.5, 0.6) is 0 Å². The second-order valence-electron chi connectivity index (χ2n) is 6.73. The molecule has 4 rings (SSSR count). The number of carbonyl (C=O) groups is 1. The van der Waals surface area contributed by atoms with Crippen LogP contribution in [-0.2, 0) is 13.1 Å². The van der Waals surface area contributed by atoms with Gasteiger partial charge in [-0.1, -0.05) is 24.4 Å². The fourth-order valence-electron chi connectivity index (χ4n) is 3.77. The van der Waals surface area contributed by atoms with Crippen LogP contribution in [0.4, 0.5) is 14.9 Å². The van der Waals surface area contributed by atoms with Gasteiger partial charge in [-0.15, -0.1) is 0 Å². The van der Waals surface area contributed by atoms with Crippen molar-refractivity contribution < 1.29 is 9.18 Å². The molecule has 2 aromatic rings. The van der Waals surface area contributed by atoms with E-state index in [-0.39, 0.29) is 11.1 Å². The second-order valence-corrected chi connectivity index (χ2v) is 7.14. The molecule has 0 unspecified atom stereocenters. The van der Waals surface area contributed by atoms with Crippen molar-refractivity contribution in [1.29, 1.82) is 0 Å². The van der Waals surface area contributed by atoms with Gasteiger partial charge in [0.25, 0.3) is 0 Å². The predicted molar refractivity (Wildman–Crippen MR) is 94.3 cm³/mol. The summed E-state index contributed by atoms with van der Waals surface area (Å²) in [6, 6.07) is 3.98. The Morgan fingerprint density at radius 1 is 1.28 bits per heavy atom. The molecule has 1 aliphatic heterocycles. The van der Waals surface area contributed by atoms with Gasteiger partial charge in [0.15, 0.2) is 0 Å². The number of hydrogen-bond acceptors (Lipinski definition) is 2. The Morgan fingerprint density at radius 3 is 2.84 bits per heavy atom. The average Bonchev–Trinajstić information content (AvgIpc) is 3.26. The first-order chi connectivity index (χ1) is 12.1. The van der Waals surface area contributed by atoms with Gasteiger partial charge in [-0.3, -0.25) is 0 Å². The van der Waals surface area contributed by atoms with E-state index in [2.05, 4.69) is 14.9 Å². The Bertz CT molecular complexity index is 800. The summed E-state index contributed by atoms with van der Waals surface area (Å²) < 4.78 is 15.4. The molecule has 0 spiro atoms. The van der Waals surface area contributed by atoms with Crippen molar-refractivity contribution >= 4 is 23.3 Å². The number of nitrogens with one attached hydrogen (secondary N) is 1. The molecule has 2 heterocycles. The number of nitrogens with zero attached hydrogens (tertiary/aromatic N) is 3. The quantitative estimate of drug-likeness (QED) is 0.861. The summed E-state index contributed by atoms with van der Waals surface area (Å²) in [5.74, 6) is 0.0258. The van der Waals surface area contributed by atoms with Crippen molar-refractivity contribution in [1.82, 2.24) is 14.5 Å². The number of halogens is 2. The van der Waals surface area contributed by atoms with Crippen LogP contribution in [0.25, 0.3) is 0 Å². The number of rotatable bonds is 2. The first-order valence-corrected chi connectivity index (χ1v) is 9.04. The zero-order chi connectivity index (χ0) is 17.4. The summed E-state index contributed by atoms with van der Waals surface area (Å²) in [7, 11) is 0. The van der Waals surface area contributed by atoms with Crippen LogP contribution in [0.1, 0.15) is 43.0 Å². The highest BCUT2D eigenvalue weighted by atomic mass is 35.5. The monoisotopic (exact) mass is 362 g/mol. The molecule has 0 radical (unpaired) electrons. The summed E-state index contributed by atoms with van der Waals surface area (Å²) >= 11 is 5.78. The van der Waals surface area contributed by atoms with Crippen molar-refractivity contribution in [3.05, 3.63) is 46.8 Å². The number of amides is 2. The minimum absolute atomic E-state index is 0.00181. The molecule has 1 saturated carbocycles. The van der Waals surface area contributed by atoms with Gasteiger partial charge in [-0.2, -0.15) is 0 Å². The number of urea groups is 1. The highest BCUT2D eigenvalue weighted by Gasteiger charge is 2.28. The Labute approximate surface area is 150 Å². The molecule has 0 atom stereocenters. The Balaban J connectivity index is 1.48. The number of fused-ring (bicyclic) bond motifs is 1. The maximum absolute atomic E-state index is 13.2. The van der Waals surface area contributed by atoms with E-state index >= 15 is 0 Å². The summed E-state index contributed by atoms with van der Waals surface area (Å²) in [5, 5.41) is 2.80. The number of benzene rings is 1. The summed E-state index contributed by atoms with van der Waals surface area (Å²) in [6.07, 6.45) is 6.78. The van der Waals surface area contributed by atoms with Crippen molar-refractivity contribution in [2.45, 2.75) is 44.7 Å². The molecular weight excluding hydrogens is 343 g/mol. The molecule has 25 heavy (non-hydrogen) atoms. The summed E-state index contributed by atoms with van der Waals surface area (Å²) in [6.45, 7) is 1.91. The third-order valence-corrected chi connectivity index (χ3v) is 5.42. The lowest BCUT2D eigenvalue weighted by atomic mass is 10.0. The van der Waals surface area contributed by atoms with Gasteiger partial charge >= 0.3 is 6.03 Å². The van der Waals surface area contributed by atoms with E-state index in [1.54, 1.807) is 4.90 Å². The van der Waals surface area contributed by atoms with Gasteiger partial charge in [0, 0.05) is 24.7 Å². The zero-order valence-corrected chi connectivity index (χ0v) is 14.6. The van der Waals surface area contributed by atoms with Gasteiger partial charge in [0.05, 0.1) is 29.3 Å². The fraction of sp³-hybridized carbons (Fsp3) is 0.444. The van der Waals surface area contributed by atoms with Crippen LogP contribution in [0.3, 0.4) is 0 Å². The molecule has 2 amide bonds. The molecule has 1 aliphatic carbocycles. The predicted octanol–water partition coefficient (Wildman–Crippen LogP) is 4.38. The van der Waals surface area contributed by atoms with Crippen LogP contribution in [0.2, 0.25) is 5.02 Å². The first-order valence-electron chi connectivity index (χ1n) is 8.66. The van der Waals surface area contributed by atoms with Crippen LogP contribution in [0.15, 0.2) is 24.5 Å². The van der Waals surface area contributed by atoms with Gasteiger partial charge in [0.1, 0.15) is 5.82 Å². The molecule has 2 aliphatic rings. The van der Waals surface area contributed by atoms with E-state index in [0.717, 1.165) is 17.9 Å². The fourth-order valence-corrected chi connectivity index (χ4v) is 3.95. The van der Waals surface area contributed by atoms with E-state index in [9.17, 15) is 9.18 Å². The maximum atomic E-state index is 13.2. The molecule has 0 saturated heterocycles. The van der Waals surface area contributed by atoms with Crippen molar-refractivity contribution in [3.63, 3.8) is 0 Å². The van der Waals surface area contributed by atoms with Gasteiger partial charge in [-0.25, -0.2) is 14.2 Å². The van der Waals surface area contributed by atoms with Crippen LogP contribution in [0, 0.1) is 5.82 Å². The van der Waals surface area contributed by atoms with Gasteiger partial charge in [-0.05, 0) is 31.0 Å². The molecule has 1 aromatic carbocycles. The lowest BCUT2D eigenvalue weighted by Gasteiger charge is -2.29. The first kappa shape index (κ1) is 16.4. The van der Waals surface area contributed by atoms with Crippen molar-refractivity contribution in [2.75, 3.05) is 11.9 Å². The van der Waals surface area contributed by atoms with Crippen molar-refractivity contribution in [2.24, 2.45) is 0 Å². The van der Waals surface area contributed by atoms with Crippen LogP contribution < -0.4 is 5.32 Å². The molecule has 7 heteroatoms. The van der Waals surface area contributed by atoms with E-state index in [4.69, 9.17) is 11.6 Å². The average molecular weight is 363 g/mol. The van der Waals surface area contributed by atoms with Crippen LogP contribution in [-0.4, -0.2) is 27.0 Å². The highest BCUT2D eigenvalue weighted by Crippen LogP contribution is 2.36. The topological polar surface area (TPSA) is 50.2 Å². The second kappa shape index (κ2) is 6.67. The van der Waals surface area contributed by atoms with Gasteiger partial charge in [0.2, 0.25) is 0 Å². The molecule has 1 fully saturated rings. The number of anilines is 1. The maximum Gasteiger partial charge on any atom is 0.322 e. The molecule has 1 aromatic heterocycles. The summed E-state index contributed by atoms with van der Waals surface area (Å²) in [4.78, 5) is 19.0. The third-order valence-electron chi connectivity index (χ3n) is 5.13. The molecule has 132 valence electrons. The zero-order valence-electron chi connectivity index (χ0n) is 13.8. The number of carbonyl (C=O) groups excluding carboxylic acids is 1. The molecule has 1 N–H and O–H groups in total. The largest absolute Gasteiger partial charge is 0.331 e. The smallest absolute Gasteiger partial charge is 0.322 e. The number of aromatic nitrogens is 2. The van der Waals surface area contributed by atoms with E-state index in [1.807, 2.05) is 6.33 Å². The third kappa shape index (κ3) is 3.23. The standard InChI is InChI=1S/C18H20ClFN4O/c19-14-9-13(5-6-15(14)20)22-18(25)23-7-8-24-11-21-17(16(24)10-23)12-3-1-2-4-12/h5-6,9,11-12H,1-4,7-8,10H2,(H,22,25). The summed E-state index contributed by atoms with van der Waals surface area (Å²) in [5.41, 5.74) is 2.79. The number of imidazole rings is 1. The van der Waals surface area contributed by atoms with Gasteiger partial charge < -0.3 is 14.8 Å². The van der Waals surface area contributed by atoms with Crippen LogP contribution >= 0.6 is 11.6 Å². The molecular formula is C18H20ClFN4O. The van der Waals surface area contributed by atoms with Crippen molar-refractivity contribution in [3.8, 4) is 0 Å². The SMILES string of the molecule is O=C(Nc1ccc(F)c(Cl)c1)N1CCn2cnc(C3CCCC3)c2C1. The van der Waals surface area contributed by atoms with E-state index in [0.29, 0.717) is 24.7 Å². The molecule has 5 nitrogen and oxygen atoms in total.